The van der Waals surface area contributed by atoms with Crippen LogP contribution in [0.1, 0.15) is 39.0 Å². The van der Waals surface area contributed by atoms with Crippen LogP contribution in [0.5, 0.6) is 0 Å². The number of piperidine rings is 1. The normalized spacial score (nSPS) is 41.7. The Morgan fingerprint density at radius 3 is 2.77 bits per heavy atom. The van der Waals surface area contributed by atoms with Gasteiger partial charge in [0, 0.05) is 24.4 Å². The van der Waals surface area contributed by atoms with E-state index in [9.17, 15) is 4.79 Å². The zero-order valence-corrected chi connectivity index (χ0v) is 8.62. The van der Waals surface area contributed by atoms with Crippen molar-refractivity contribution in [2.75, 3.05) is 7.05 Å². The van der Waals surface area contributed by atoms with Crippen molar-refractivity contribution in [3.05, 3.63) is 0 Å². The van der Waals surface area contributed by atoms with Gasteiger partial charge in [0.15, 0.2) is 0 Å². The predicted octanol–water partition coefficient (Wildman–Crippen LogP) is 1.84. The molecular formula is C11H19NO. The van der Waals surface area contributed by atoms with Gasteiger partial charge in [-0.2, -0.15) is 0 Å². The number of fused-ring (bicyclic) bond motifs is 1. The minimum Gasteiger partial charge on any atom is -0.300 e. The summed E-state index contributed by atoms with van der Waals surface area (Å²) in [6.45, 7) is 2.17. The first kappa shape index (κ1) is 9.20. The van der Waals surface area contributed by atoms with Gasteiger partial charge in [-0.05, 0) is 26.8 Å². The number of carbonyl (C=O) groups excluding carboxylic acids is 1. The van der Waals surface area contributed by atoms with Gasteiger partial charge in [0.1, 0.15) is 5.78 Å². The molecule has 0 radical (unpaired) electrons. The van der Waals surface area contributed by atoms with Crippen LogP contribution in [0.3, 0.4) is 0 Å². The Hall–Kier alpha value is -0.370. The van der Waals surface area contributed by atoms with Crippen molar-refractivity contribution in [1.82, 2.24) is 4.90 Å². The van der Waals surface area contributed by atoms with Crippen LogP contribution < -0.4 is 0 Å². The van der Waals surface area contributed by atoms with Gasteiger partial charge in [-0.3, -0.25) is 9.69 Å². The van der Waals surface area contributed by atoms with Crippen molar-refractivity contribution in [2.45, 2.75) is 51.1 Å². The summed E-state index contributed by atoms with van der Waals surface area (Å²) in [5.41, 5.74) is 0. The van der Waals surface area contributed by atoms with Crippen molar-refractivity contribution < 1.29 is 4.79 Å². The van der Waals surface area contributed by atoms with Gasteiger partial charge < -0.3 is 0 Å². The van der Waals surface area contributed by atoms with E-state index in [1.165, 1.54) is 19.3 Å². The molecule has 2 aliphatic rings. The number of nitrogens with zero attached hydrogens (tertiary/aromatic N) is 1. The van der Waals surface area contributed by atoms with Gasteiger partial charge in [0.2, 0.25) is 0 Å². The third kappa shape index (κ3) is 1.52. The van der Waals surface area contributed by atoms with Crippen molar-refractivity contribution in [1.29, 1.82) is 0 Å². The molecule has 1 aliphatic carbocycles. The molecule has 1 saturated carbocycles. The highest BCUT2D eigenvalue weighted by Crippen LogP contribution is 2.34. The summed E-state index contributed by atoms with van der Waals surface area (Å²) in [5.74, 6) is 0.894. The van der Waals surface area contributed by atoms with Crippen molar-refractivity contribution in [3.8, 4) is 0 Å². The fourth-order valence-electron chi connectivity index (χ4n) is 2.89. The average Bonchev–Trinajstić information content (AvgIpc) is 2.15. The highest BCUT2D eigenvalue weighted by Gasteiger charge is 2.39. The van der Waals surface area contributed by atoms with Crippen LogP contribution in [0, 0.1) is 5.92 Å². The molecule has 3 unspecified atom stereocenters. The summed E-state index contributed by atoms with van der Waals surface area (Å²) in [7, 11) is 2.18. The molecule has 3 atom stereocenters. The molecule has 0 aromatic heterocycles. The number of ketones is 1. The number of hydrogen-bond acceptors (Lipinski definition) is 2. The minimum atomic E-state index is 0.370. The zero-order chi connectivity index (χ0) is 9.42. The second-order valence-electron chi connectivity index (χ2n) is 4.64. The first-order valence-corrected chi connectivity index (χ1v) is 5.45. The lowest BCUT2D eigenvalue weighted by molar-refractivity contribution is -0.132. The lowest BCUT2D eigenvalue weighted by Crippen LogP contribution is -2.52. The van der Waals surface area contributed by atoms with E-state index in [0.29, 0.717) is 23.8 Å². The van der Waals surface area contributed by atoms with E-state index < -0.39 is 0 Å². The minimum absolute atomic E-state index is 0.370. The highest BCUT2D eigenvalue weighted by molar-refractivity contribution is 5.83. The van der Waals surface area contributed by atoms with E-state index in [4.69, 9.17) is 0 Å². The Balaban J connectivity index is 2.15. The van der Waals surface area contributed by atoms with Gasteiger partial charge in [0.05, 0.1) is 0 Å². The summed E-state index contributed by atoms with van der Waals surface area (Å²) >= 11 is 0. The predicted molar refractivity (Wildman–Crippen MR) is 52.6 cm³/mol. The number of hydrogen-bond donors (Lipinski definition) is 0. The van der Waals surface area contributed by atoms with Crippen LogP contribution in [0.25, 0.3) is 0 Å². The average molecular weight is 181 g/mol. The van der Waals surface area contributed by atoms with Crippen molar-refractivity contribution in [2.24, 2.45) is 5.92 Å². The van der Waals surface area contributed by atoms with Crippen LogP contribution in [0.2, 0.25) is 0 Å². The molecule has 1 heterocycles. The number of rotatable bonds is 0. The quantitative estimate of drug-likeness (QED) is 0.568. The molecule has 74 valence electrons. The van der Waals surface area contributed by atoms with Gasteiger partial charge in [-0.1, -0.05) is 12.8 Å². The Bertz CT molecular complexity index is 214. The van der Waals surface area contributed by atoms with Gasteiger partial charge >= 0.3 is 0 Å². The van der Waals surface area contributed by atoms with E-state index >= 15 is 0 Å². The van der Waals surface area contributed by atoms with Crippen molar-refractivity contribution in [3.63, 3.8) is 0 Å². The number of Topliss-reactive ketones (excluding diaryl/α,β-unsaturated/α-hetero) is 1. The molecule has 2 rings (SSSR count). The van der Waals surface area contributed by atoms with E-state index in [-0.39, 0.29) is 0 Å². The molecular weight excluding hydrogens is 162 g/mol. The first-order chi connectivity index (χ1) is 6.20. The summed E-state index contributed by atoms with van der Waals surface area (Å²) in [5, 5.41) is 0. The lowest BCUT2D eigenvalue weighted by Gasteiger charge is -2.44. The standard InChI is InChI=1S/C11H19NO/c1-8-7-11(13)9-5-3-4-6-10(9)12(8)2/h8-10H,3-7H2,1-2H3. The number of carbonyl (C=O) groups is 1. The molecule has 2 fully saturated rings. The van der Waals surface area contributed by atoms with E-state index in [1.54, 1.807) is 0 Å². The van der Waals surface area contributed by atoms with Gasteiger partial charge in [-0.25, -0.2) is 0 Å². The van der Waals surface area contributed by atoms with E-state index in [1.807, 2.05) is 0 Å². The molecule has 2 heteroatoms. The van der Waals surface area contributed by atoms with Gasteiger partial charge in [-0.15, -0.1) is 0 Å². The van der Waals surface area contributed by atoms with Crippen LogP contribution in [-0.4, -0.2) is 29.8 Å². The van der Waals surface area contributed by atoms with Crippen molar-refractivity contribution >= 4 is 5.78 Å². The maximum absolute atomic E-state index is 11.8. The summed E-state index contributed by atoms with van der Waals surface area (Å²) in [6.07, 6.45) is 5.72. The molecule has 1 aliphatic heterocycles. The van der Waals surface area contributed by atoms with Crippen LogP contribution in [0.15, 0.2) is 0 Å². The molecule has 0 bridgehead atoms. The topological polar surface area (TPSA) is 20.3 Å². The second-order valence-corrected chi connectivity index (χ2v) is 4.64. The maximum atomic E-state index is 11.8. The molecule has 0 N–H and O–H groups in total. The van der Waals surface area contributed by atoms with E-state index in [0.717, 1.165) is 12.8 Å². The third-order valence-electron chi connectivity index (χ3n) is 3.86. The largest absolute Gasteiger partial charge is 0.300 e. The van der Waals surface area contributed by atoms with Gasteiger partial charge in [0.25, 0.3) is 0 Å². The monoisotopic (exact) mass is 181 g/mol. The lowest BCUT2D eigenvalue weighted by atomic mass is 9.76. The summed E-state index contributed by atoms with van der Waals surface area (Å²) < 4.78 is 0. The highest BCUT2D eigenvalue weighted by atomic mass is 16.1. The zero-order valence-electron chi connectivity index (χ0n) is 8.62. The molecule has 0 amide bonds. The molecule has 0 aromatic rings. The Morgan fingerprint density at radius 1 is 1.31 bits per heavy atom. The SMILES string of the molecule is CC1CC(=O)C2CCCCC2N1C. The Labute approximate surface area is 80.3 Å². The fourth-order valence-corrected chi connectivity index (χ4v) is 2.89. The second kappa shape index (κ2) is 3.41. The smallest absolute Gasteiger partial charge is 0.139 e. The Kier molecular flexibility index (Phi) is 2.41. The maximum Gasteiger partial charge on any atom is 0.139 e. The van der Waals surface area contributed by atoms with Crippen LogP contribution >= 0.6 is 0 Å². The molecule has 13 heavy (non-hydrogen) atoms. The molecule has 1 saturated heterocycles. The third-order valence-corrected chi connectivity index (χ3v) is 3.86. The summed E-state index contributed by atoms with van der Waals surface area (Å²) in [6, 6.07) is 1.02. The van der Waals surface area contributed by atoms with E-state index in [2.05, 4.69) is 18.9 Å². The first-order valence-electron chi connectivity index (χ1n) is 5.45. The molecule has 0 aromatic carbocycles. The molecule has 2 nitrogen and oxygen atoms in total. The Morgan fingerprint density at radius 2 is 2.00 bits per heavy atom. The van der Waals surface area contributed by atoms with Crippen LogP contribution in [-0.2, 0) is 4.79 Å². The summed E-state index contributed by atoms with van der Waals surface area (Å²) in [4.78, 5) is 14.2. The number of likely N-dealkylation sites (tertiary alicyclic amines) is 1. The fraction of sp³-hybridized carbons (Fsp3) is 0.909. The van der Waals surface area contributed by atoms with Crippen LogP contribution in [0.4, 0.5) is 0 Å². The molecule has 0 spiro atoms.